The first-order valence-corrected chi connectivity index (χ1v) is 11.2. The summed E-state index contributed by atoms with van der Waals surface area (Å²) in [6.07, 6.45) is 6.41. The van der Waals surface area contributed by atoms with E-state index >= 15 is 0 Å². The highest BCUT2D eigenvalue weighted by atomic mass is 32.1. The Morgan fingerprint density at radius 3 is 0.694 bits per heavy atom. The molecular weight excluding hydrogens is 504 g/mol. The van der Waals surface area contributed by atoms with Crippen LogP contribution < -0.4 is 22.9 Å². The first-order chi connectivity index (χ1) is 16.4. The van der Waals surface area contributed by atoms with Crippen LogP contribution in [-0.2, 0) is 19.2 Å². The van der Waals surface area contributed by atoms with E-state index < -0.39 is 0 Å². The molecule has 0 radical (unpaired) electrons. The predicted octanol–water partition coefficient (Wildman–Crippen LogP) is 1.22. The number of hydrogen-bond donors (Lipinski definition) is 4. The maximum atomic E-state index is 11.2. The average molecular weight is 541 g/mol. The highest BCUT2D eigenvalue weighted by Crippen LogP contribution is 2.21. The molecule has 2 aliphatic rings. The Morgan fingerprint density at radius 2 is 0.611 bits per heavy atom. The first-order valence-electron chi connectivity index (χ1n) is 10.4. The Kier molecular flexibility index (Phi) is 15.3. The molecule has 0 aromatic carbocycles. The summed E-state index contributed by atoms with van der Waals surface area (Å²) in [6.45, 7) is 13.2. The highest BCUT2D eigenvalue weighted by Gasteiger charge is 2.21. The molecular formula is C22H36N8O4S2. The van der Waals surface area contributed by atoms with Crippen LogP contribution in [0.5, 0.6) is 0 Å². The van der Waals surface area contributed by atoms with Crippen molar-refractivity contribution in [3.63, 3.8) is 0 Å². The molecule has 0 saturated heterocycles. The lowest BCUT2D eigenvalue weighted by molar-refractivity contribution is -0.127. The maximum Gasteiger partial charge on any atom is 0.227 e. The summed E-state index contributed by atoms with van der Waals surface area (Å²) in [5.74, 6) is -0.217. The quantitative estimate of drug-likeness (QED) is 0.325. The fourth-order valence-corrected chi connectivity index (χ4v) is 2.78. The second-order valence-corrected chi connectivity index (χ2v) is 8.24. The van der Waals surface area contributed by atoms with E-state index in [2.05, 4.69) is 47.4 Å². The third-order valence-corrected chi connectivity index (χ3v) is 4.58. The lowest BCUT2D eigenvalue weighted by Crippen LogP contribution is -2.32. The molecule has 4 amide bonds. The lowest BCUT2D eigenvalue weighted by atomic mass is 10.2. The smallest absolute Gasteiger partial charge is 0.227 e. The van der Waals surface area contributed by atoms with Crippen molar-refractivity contribution in [2.45, 2.75) is 55.4 Å². The van der Waals surface area contributed by atoms with Crippen LogP contribution in [0.25, 0.3) is 0 Å². The summed E-state index contributed by atoms with van der Waals surface area (Å²) in [5, 5.41) is 0.000000000000000444. The molecule has 2 rings (SSSR count). The maximum absolute atomic E-state index is 11.2. The van der Waals surface area contributed by atoms with Crippen LogP contribution in [0.3, 0.4) is 0 Å². The molecule has 2 heterocycles. The summed E-state index contributed by atoms with van der Waals surface area (Å²) in [7, 11) is 0. The third-order valence-electron chi connectivity index (χ3n) is 4.58. The molecule has 200 valence electrons. The zero-order chi connectivity index (χ0) is 28.9. The van der Waals surface area contributed by atoms with Gasteiger partial charge in [-0.3, -0.25) is 38.8 Å². The SMILES string of the molecule is CC(=O)N1C=CN(C(C)=O)C(C)=C1C.CC(=O)N1C=CN(C(C)=O)C(C)=C1C.NC(N)=S.NC(N)=S. The van der Waals surface area contributed by atoms with Crippen molar-refractivity contribution in [1.82, 2.24) is 19.6 Å². The van der Waals surface area contributed by atoms with E-state index in [-0.39, 0.29) is 33.9 Å². The number of amides is 4. The van der Waals surface area contributed by atoms with Crippen molar-refractivity contribution in [3.8, 4) is 0 Å². The molecule has 0 saturated carbocycles. The lowest BCUT2D eigenvalue weighted by Gasteiger charge is -2.29. The molecule has 0 unspecified atom stereocenters. The van der Waals surface area contributed by atoms with Gasteiger partial charge in [0.2, 0.25) is 23.6 Å². The fraction of sp³-hybridized carbons (Fsp3) is 0.364. The molecule has 0 fully saturated rings. The van der Waals surface area contributed by atoms with Gasteiger partial charge in [-0.1, -0.05) is 0 Å². The van der Waals surface area contributed by atoms with Gasteiger partial charge in [0, 0.05) is 75.3 Å². The Hall–Kier alpha value is -3.78. The van der Waals surface area contributed by atoms with Gasteiger partial charge in [0.05, 0.1) is 0 Å². The summed E-state index contributed by atoms with van der Waals surface area (Å²) in [4.78, 5) is 50.8. The minimum atomic E-state index is -0.0543. The van der Waals surface area contributed by atoms with Crippen LogP contribution in [0, 0.1) is 0 Å². The van der Waals surface area contributed by atoms with E-state index in [1.165, 1.54) is 47.3 Å². The van der Waals surface area contributed by atoms with Crippen molar-refractivity contribution in [3.05, 3.63) is 47.6 Å². The van der Waals surface area contributed by atoms with Crippen LogP contribution in [0.4, 0.5) is 0 Å². The van der Waals surface area contributed by atoms with Gasteiger partial charge in [-0.25, -0.2) is 0 Å². The number of nitrogens with zero attached hydrogens (tertiary/aromatic N) is 4. The molecule has 0 aromatic rings. The Balaban J connectivity index is 0. The van der Waals surface area contributed by atoms with Crippen LogP contribution in [0.15, 0.2) is 47.6 Å². The van der Waals surface area contributed by atoms with Gasteiger partial charge in [0.1, 0.15) is 0 Å². The van der Waals surface area contributed by atoms with E-state index in [0.717, 1.165) is 22.8 Å². The van der Waals surface area contributed by atoms with Gasteiger partial charge in [-0.15, -0.1) is 0 Å². The topological polar surface area (TPSA) is 185 Å². The van der Waals surface area contributed by atoms with E-state index in [9.17, 15) is 19.2 Å². The summed E-state index contributed by atoms with van der Waals surface area (Å²) >= 11 is 8.19. The molecule has 0 bridgehead atoms. The molecule has 0 spiro atoms. The van der Waals surface area contributed by atoms with Crippen molar-refractivity contribution in [1.29, 1.82) is 0 Å². The van der Waals surface area contributed by atoms with Gasteiger partial charge in [0.25, 0.3) is 0 Å². The normalized spacial score (nSPS) is 14.0. The van der Waals surface area contributed by atoms with Crippen LogP contribution >= 0.6 is 24.4 Å². The molecule has 0 aliphatic carbocycles. The summed E-state index contributed by atoms with van der Waals surface area (Å²) in [6, 6.07) is 0. The number of allylic oxidation sites excluding steroid dienone is 4. The highest BCUT2D eigenvalue weighted by molar-refractivity contribution is 7.80. The molecule has 0 aromatic heterocycles. The minimum absolute atomic E-state index is 0.000000000000000222. The summed E-state index contributed by atoms with van der Waals surface area (Å²) in [5.41, 5.74) is 21.6. The van der Waals surface area contributed by atoms with E-state index in [4.69, 9.17) is 0 Å². The second kappa shape index (κ2) is 16.0. The van der Waals surface area contributed by atoms with E-state index in [1.807, 2.05) is 27.7 Å². The summed E-state index contributed by atoms with van der Waals surface area (Å²) < 4.78 is 0. The average Bonchev–Trinajstić information content (AvgIpc) is 2.70. The van der Waals surface area contributed by atoms with Crippen molar-refractivity contribution in [2.24, 2.45) is 22.9 Å². The second-order valence-electron chi connectivity index (χ2n) is 7.30. The number of carbonyl (C=O) groups excluding carboxylic acids is 4. The van der Waals surface area contributed by atoms with Gasteiger partial charge in [-0.2, -0.15) is 0 Å². The standard InChI is InChI=1S/2C10H14N2O2.2CH4N2S/c2*1-7-8(2)12(10(4)14)6-5-11(7)9(3)13;2*2-1(3)4/h2*5-6H,1-4H3;2*(H4,2,3,4). The largest absolute Gasteiger partial charge is 0.377 e. The Morgan fingerprint density at radius 1 is 0.500 bits per heavy atom. The monoisotopic (exact) mass is 540 g/mol. The molecule has 12 nitrogen and oxygen atoms in total. The number of carbonyl (C=O) groups is 4. The van der Waals surface area contributed by atoms with Crippen LogP contribution in [-0.4, -0.2) is 53.5 Å². The number of thiocarbonyl (C=S) groups is 2. The Labute approximate surface area is 222 Å². The van der Waals surface area contributed by atoms with Gasteiger partial charge >= 0.3 is 0 Å². The van der Waals surface area contributed by atoms with Crippen LogP contribution in [0.1, 0.15) is 55.4 Å². The third kappa shape index (κ3) is 12.1. The minimum Gasteiger partial charge on any atom is -0.377 e. The van der Waals surface area contributed by atoms with Crippen LogP contribution in [0.2, 0.25) is 0 Å². The van der Waals surface area contributed by atoms with Crippen molar-refractivity contribution in [2.75, 3.05) is 0 Å². The van der Waals surface area contributed by atoms with Crippen molar-refractivity contribution < 1.29 is 19.2 Å². The fourth-order valence-electron chi connectivity index (χ4n) is 2.78. The number of hydrogen-bond acceptors (Lipinski definition) is 6. The van der Waals surface area contributed by atoms with Gasteiger partial charge in [-0.05, 0) is 52.1 Å². The zero-order valence-corrected chi connectivity index (χ0v) is 23.5. The van der Waals surface area contributed by atoms with E-state index in [0.29, 0.717) is 0 Å². The van der Waals surface area contributed by atoms with Gasteiger partial charge < -0.3 is 22.9 Å². The molecule has 14 heteroatoms. The number of nitrogens with two attached hydrogens (primary N) is 4. The first kappa shape index (κ1) is 34.4. The molecule has 36 heavy (non-hydrogen) atoms. The predicted molar refractivity (Wildman–Crippen MR) is 147 cm³/mol. The van der Waals surface area contributed by atoms with E-state index in [1.54, 1.807) is 24.8 Å². The number of rotatable bonds is 0. The van der Waals surface area contributed by atoms with Crippen molar-refractivity contribution >= 4 is 58.3 Å². The molecule has 0 atom stereocenters. The van der Waals surface area contributed by atoms with Gasteiger partial charge in [0.15, 0.2) is 10.2 Å². The zero-order valence-electron chi connectivity index (χ0n) is 21.9. The molecule has 8 N–H and O–H groups in total. The Bertz CT molecular complexity index is 866. The molecule has 2 aliphatic heterocycles.